The summed E-state index contributed by atoms with van der Waals surface area (Å²) in [6.07, 6.45) is 0. The molecule has 1 aromatic rings. The highest BCUT2D eigenvalue weighted by molar-refractivity contribution is 7.16. The van der Waals surface area contributed by atoms with Crippen LogP contribution in [0.15, 0.2) is 12.1 Å². The second kappa shape index (κ2) is 4.27. The third-order valence-electron chi connectivity index (χ3n) is 1.53. The van der Waals surface area contributed by atoms with E-state index in [1.165, 1.54) is 0 Å². The standard InChI is InChI=1S/C8H10N2O2S/c9-3-5(11)7-1-2-8(13-7)6(12)4-10/h1-2H,3-4,9-10H2. The van der Waals surface area contributed by atoms with Gasteiger partial charge in [0.1, 0.15) is 0 Å². The van der Waals surface area contributed by atoms with Crippen LogP contribution in [0.2, 0.25) is 0 Å². The van der Waals surface area contributed by atoms with Gasteiger partial charge in [-0.15, -0.1) is 11.3 Å². The Morgan fingerprint density at radius 1 is 1.08 bits per heavy atom. The van der Waals surface area contributed by atoms with Crippen LogP contribution >= 0.6 is 11.3 Å². The zero-order valence-electron chi connectivity index (χ0n) is 6.95. The summed E-state index contributed by atoms with van der Waals surface area (Å²) in [4.78, 5) is 23.2. The Kier molecular flexibility index (Phi) is 3.30. The van der Waals surface area contributed by atoms with Gasteiger partial charge in [0.15, 0.2) is 11.6 Å². The predicted molar refractivity (Wildman–Crippen MR) is 51.1 cm³/mol. The van der Waals surface area contributed by atoms with Crippen LogP contribution in [0, 0.1) is 0 Å². The molecule has 0 unspecified atom stereocenters. The van der Waals surface area contributed by atoms with Gasteiger partial charge in [0.2, 0.25) is 0 Å². The Bertz CT molecular complexity index is 302. The average molecular weight is 198 g/mol. The largest absolute Gasteiger partial charge is 0.324 e. The molecule has 0 amide bonds. The molecule has 1 aromatic heterocycles. The fourth-order valence-corrected chi connectivity index (χ4v) is 1.74. The van der Waals surface area contributed by atoms with Gasteiger partial charge in [-0.1, -0.05) is 0 Å². The van der Waals surface area contributed by atoms with Crippen LogP contribution < -0.4 is 11.5 Å². The fraction of sp³-hybridized carbons (Fsp3) is 0.250. The number of Topliss-reactive ketones (excluding diaryl/α,β-unsaturated/α-hetero) is 2. The third kappa shape index (κ3) is 2.21. The minimum Gasteiger partial charge on any atom is -0.324 e. The number of carbonyl (C=O) groups is 2. The molecule has 0 spiro atoms. The predicted octanol–water partition coefficient (Wildman–Crippen LogP) is 0.0309. The van der Waals surface area contributed by atoms with Gasteiger partial charge in [-0.25, -0.2) is 0 Å². The van der Waals surface area contributed by atoms with Crippen LogP contribution in [0.25, 0.3) is 0 Å². The Morgan fingerprint density at radius 2 is 1.46 bits per heavy atom. The summed E-state index contributed by atoms with van der Waals surface area (Å²) in [6, 6.07) is 3.20. The smallest absolute Gasteiger partial charge is 0.186 e. The lowest BCUT2D eigenvalue weighted by Crippen LogP contribution is -2.12. The van der Waals surface area contributed by atoms with Crippen molar-refractivity contribution in [1.82, 2.24) is 0 Å². The van der Waals surface area contributed by atoms with Crippen LogP contribution in [0.3, 0.4) is 0 Å². The summed E-state index contributed by atoms with van der Waals surface area (Å²) in [5, 5.41) is 0. The maximum absolute atomic E-state index is 11.1. The zero-order chi connectivity index (χ0) is 9.84. The van der Waals surface area contributed by atoms with E-state index in [0.29, 0.717) is 9.75 Å². The molecule has 0 fully saturated rings. The molecule has 4 nitrogen and oxygen atoms in total. The first-order valence-electron chi connectivity index (χ1n) is 3.75. The number of ketones is 2. The minimum atomic E-state index is -0.152. The van der Waals surface area contributed by atoms with Crippen molar-refractivity contribution in [3.05, 3.63) is 21.9 Å². The van der Waals surface area contributed by atoms with E-state index in [4.69, 9.17) is 11.5 Å². The van der Waals surface area contributed by atoms with Crippen LogP contribution in [-0.4, -0.2) is 24.7 Å². The highest BCUT2D eigenvalue weighted by Crippen LogP contribution is 2.16. The monoisotopic (exact) mass is 198 g/mol. The second-order valence-corrected chi connectivity index (χ2v) is 3.50. The molecular formula is C8H10N2O2S. The van der Waals surface area contributed by atoms with Gasteiger partial charge < -0.3 is 11.5 Å². The van der Waals surface area contributed by atoms with Crippen LogP contribution in [-0.2, 0) is 0 Å². The first-order chi connectivity index (χ1) is 6.19. The van der Waals surface area contributed by atoms with Gasteiger partial charge >= 0.3 is 0 Å². The molecule has 0 radical (unpaired) electrons. The van der Waals surface area contributed by atoms with Gasteiger partial charge in [0.05, 0.1) is 22.8 Å². The Balaban J connectivity index is 2.86. The molecule has 0 aliphatic rings. The molecule has 0 saturated carbocycles. The molecule has 1 rings (SSSR count). The number of thiophene rings is 1. The maximum atomic E-state index is 11.1. The first kappa shape index (κ1) is 10.0. The van der Waals surface area contributed by atoms with Crippen molar-refractivity contribution in [3.8, 4) is 0 Å². The Hall–Kier alpha value is -1.04. The van der Waals surface area contributed by atoms with E-state index < -0.39 is 0 Å². The fourth-order valence-electron chi connectivity index (χ4n) is 0.839. The van der Waals surface area contributed by atoms with Gasteiger partial charge in [-0.2, -0.15) is 0 Å². The van der Waals surface area contributed by atoms with Crippen molar-refractivity contribution in [3.63, 3.8) is 0 Å². The molecule has 0 aromatic carbocycles. The van der Waals surface area contributed by atoms with Gasteiger partial charge in [-0.05, 0) is 12.1 Å². The summed E-state index contributed by atoms with van der Waals surface area (Å²) in [5.41, 5.74) is 10.3. The van der Waals surface area contributed by atoms with Crippen LogP contribution in [0.4, 0.5) is 0 Å². The van der Waals surface area contributed by atoms with E-state index in [1.54, 1.807) is 12.1 Å². The summed E-state index contributed by atoms with van der Waals surface area (Å²) < 4.78 is 0. The van der Waals surface area contributed by atoms with Gasteiger partial charge in [-0.3, -0.25) is 9.59 Å². The van der Waals surface area contributed by atoms with Crippen molar-refractivity contribution < 1.29 is 9.59 Å². The number of carbonyl (C=O) groups excluding carboxylic acids is 2. The van der Waals surface area contributed by atoms with E-state index in [2.05, 4.69) is 0 Å². The average Bonchev–Trinajstić information content (AvgIpc) is 2.64. The van der Waals surface area contributed by atoms with Crippen molar-refractivity contribution >= 4 is 22.9 Å². The number of hydrogen-bond donors (Lipinski definition) is 2. The topological polar surface area (TPSA) is 86.2 Å². The molecule has 0 atom stereocenters. The number of nitrogens with two attached hydrogens (primary N) is 2. The molecule has 13 heavy (non-hydrogen) atoms. The third-order valence-corrected chi connectivity index (χ3v) is 2.69. The van der Waals surface area contributed by atoms with E-state index in [-0.39, 0.29) is 24.7 Å². The van der Waals surface area contributed by atoms with Crippen molar-refractivity contribution in [2.45, 2.75) is 0 Å². The summed E-state index contributed by atoms with van der Waals surface area (Å²) in [7, 11) is 0. The lowest BCUT2D eigenvalue weighted by atomic mass is 10.3. The molecule has 70 valence electrons. The second-order valence-electron chi connectivity index (χ2n) is 2.42. The highest BCUT2D eigenvalue weighted by atomic mass is 32.1. The minimum absolute atomic E-state index is 0.0310. The first-order valence-corrected chi connectivity index (χ1v) is 4.57. The highest BCUT2D eigenvalue weighted by Gasteiger charge is 2.10. The summed E-state index contributed by atoms with van der Waals surface area (Å²) in [5.74, 6) is -0.304. The number of rotatable bonds is 4. The summed E-state index contributed by atoms with van der Waals surface area (Å²) >= 11 is 1.14. The van der Waals surface area contributed by atoms with E-state index in [1.807, 2.05) is 0 Å². The maximum Gasteiger partial charge on any atom is 0.186 e. The number of hydrogen-bond acceptors (Lipinski definition) is 5. The SMILES string of the molecule is NCC(=O)c1ccc(C(=O)CN)s1. The molecule has 0 aliphatic carbocycles. The van der Waals surface area contributed by atoms with E-state index in [0.717, 1.165) is 11.3 Å². The van der Waals surface area contributed by atoms with Crippen LogP contribution in [0.5, 0.6) is 0 Å². The van der Waals surface area contributed by atoms with E-state index >= 15 is 0 Å². The van der Waals surface area contributed by atoms with Crippen molar-refractivity contribution in [2.75, 3.05) is 13.1 Å². The quantitative estimate of drug-likeness (QED) is 0.668. The van der Waals surface area contributed by atoms with Crippen molar-refractivity contribution in [2.24, 2.45) is 11.5 Å². The van der Waals surface area contributed by atoms with Crippen molar-refractivity contribution in [1.29, 1.82) is 0 Å². The van der Waals surface area contributed by atoms with Gasteiger partial charge in [0.25, 0.3) is 0 Å². The lowest BCUT2D eigenvalue weighted by molar-refractivity contribution is 0.0998. The van der Waals surface area contributed by atoms with Crippen LogP contribution in [0.1, 0.15) is 19.3 Å². The van der Waals surface area contributed by atoms with Gasteiger partial charge in [0, 0.05) is 0 Å². The zero-order valence-corrected chi connectivity index (χ0v) is 7.76. The van der Waals surface area contributed by atoms with E-state index in [9.17, 15) is 9.59 Å². The molecule has 0 saturated heterocycles. The normalized spacial score (nSPS) is 10.0. The molecule has 5 heteroatoms. The molecule has 0 aliphatic heterocycles. The molecule has 4 N–H and O–H groups in total. The Morgan fingerprint density at radius 3 is 1.77 bits per heavy atom. The molecule has 1 heterocycles. The Labute approximate surface area is 79.5 Å². The molecule has 0 bridgehead atoms. The lowest BCUT2D eigenvalue weighted by Gasteiger charge is -1.90. The molecular weight excluding hydrogens is 188 g/mol. The summed E-state index contributed by atoms with van der Waals surface area (Å²) in [6.45, 7) is -0.0620.